The second-order valence-electron chi connectivity index (χ2n) is 5.11. The molecule has 0 spiro atoms. The molecule has 0 aromatic heterocycles. The summed E-state index contributed by atoms with van der Waals surface area (Å²) >= 11 is 0. The number of nitrogen functional groups attached to an aromatic ring is 1. The van der Waals surface area contributed by atoms with Crippen LogP contribution in [-0.4, -0.2) is 22.8 Å². The van der Waals surface area contributed by atoms with Gasteiger partial charge in [0.25, 0.3) is 5.69 Å². The summed E-state index contributed by atoms with van der Waals surface area (Å²) in [4.78, 5) is 15.1. The van der Waals surface area contributed by atoms with Crippen molar-refractivity contribution in [1.29, 1.82) is 0 Å². The highest BCUT2D eigenvalue weighted by Gasteiger charge is 2.31. The fourth-order valence-electron chi connectivity index (χ4n) is 2.82. The van der Waals surface area contributed by atoms with Crippen molar-refractivity contribution in [2.75, 3.05) is 5.73 Å². The van der Waals surface area contributed by atoms with Gasteiger partial charge in [0.1, 0.15) is 11.5 Å². The van der Waals surface area contributed by atoms with E-state index < -0.39 is 4.92 Å². The topological polar surface area (TPSA) is 93.5 Å². The summed E-state index contributed by atoms with van der Waals surface area (Å²) in [6, 6.07) is 5.56. The van der Waals surface area contributed by atoms with Gasteiger partial charge in [-0.2, -0.15) is 0 Å². The number of aliphatic imine (C=N–C) groups is 1. The predicted molar refractivity (Wildman–Crippen MR) is 80.5 cm³/mol. The Hall–Kier alpha value is -1.82. The molecular weight excluding hydrogens is 280 g/mol. The van der Waals surface area contributed by atoms with Gasteiger partial charge in [-0.25, -0.2) is 0 Å². The highest BCUT2D eigenvalue weighted by atomic mass is 35.5. The molecule has 108 valence electrons. The monoisotopic (exact) mass is 296 g/mol. The van der Waals surface area contributed by atoms with E-state index in [2.05, 4.69) is 10.3 Å². The molecule has 1 heterocycles. The molecule has 2 atom stereocenters. The number of nitro benzene ring substituents is 1. The Morgan fingerprint density at radius 1 is 1.35 bits per heavy atom. The first-order valence-electron chi connectivity index (χ1n) is 6.54. The van der Waals surface area contributed by atoms with Crippen LogP contribution in [0, 0.1) is 10.1 Å². The van der Waals surface area contributed by atoms with E-state index in [4.69, 9.17) is 5.73 Å². The van der Waals surface area contributed by atoms with Gasteiger partial charge in [-0.15, -0.1) is 12.4 Å². The van der Waals surface area contributed by atoms with Crippen LogP contribution in [0.15, 0.2) is 23.2 Å². The number of halogens is 1. The number of amidine groups is 1. The third-order valence-electron chi connectivity index (χ3n) is 3.85. The molecule has 3 rings (SSSR count). The Bertz CT molecular complexity index is 561. The molecule has 2 unspecified atom stereocenters. The number of rotatable bonds is 2. The lowest BCUT2D eigenvalue weighted by molar-refractivity contribution is -0.383. The number of hydrogen-bond acceptors (Lipinski definition) is 5. The molecule has 6 nitrogen and oxygen atoms in total. The van der Waals surface area contributed by atoms with Crippen molar-refractivity contribution in [2.45, 2.75) is 37.8 Å². The molecule has 1 fully saturated rings. The van der Waals surface area contributed by atoms with E-state index in [1.54, 1.807) is 12.1 Å². The number of benzene rings is 1. The van der Waals surface area contributed by atoms with Crippen LogP contribution in [0.25, 0.3) is 0 Å². The number of nitrogens with zero attached hydrogens (tertiary/aromatic N) is 2. The summed E-state index contributed by atoms with van der Waals surface area (Å²) in [5.74, 6) is 0.764. The first-order chi connectivity index (χ1) is 9.15. The van der Waals surface area contributed by atoms with Crippen LogP contribution >= 0.6 is 12.4 Å². The van der Waals surface area contributed by atoms with Gasteiger partial charge in [0, 0.05) is 17.7 Å². The number of fused-ring (bicyclic) bond motifs is 1. The van der Waals surface area contributed by atoms with E-state index >= 15 is 0 Å². The third-order valence-corrected chi connectivity index (χ3v) is 3.85. The smallest absolute Gasteiger partial charge is 0.292 e. The average Bonchev–Trinajstić information content (AvgIpc) is 2.82. The molecule has 7 heteroatoms. The van der Waals surface area contributed by atoms with Gasteiger partial charge in [0.2, 0.25) is 0 Å². The Labute approximate surface area is 123 Å². The highest BCUT2D eigenvalue weighted by molar-refractivity contribution is 6.01. The Kier molecular flexibility index (Phi) is 4.13. The molecule has 0 radical (unpaired) electrons. The second kappa shape index (κ2) is 5.66. The molecule has 1 aromatic rings. The molecule has 3 N–H and O–H groups in total. The molecule has 2 aliphatic rings. The SMILES string of the molecule is Cl.Nc1ccc(C2=NC3CCCCC3N2)cc1[N+](=O)[O-]. The number of hydrogen-bond donors (Lipinski definition) is 2. The van der Waals surface area contributed by atoms with Gasteiger partial charge in [-0.3, -0.25) is 15.1 Å². The van der Waals surface area contributed by atoms with Crippen LogP contribution in [0.2, 0.25) is 0 Å². The van der Waals surface area contributed by atoms with E-state index in [0.29, 0.717) is 12.1 Å². The largest absolute Gasteiger partial charge is 0.393 e. The lowest BCUT2D eigenvalue weighted by Gasteiger charge is -2.23. The van der Waals surface area contributed by atoms with Crippen LogP contribution in [0.1, 0.15) is 31.2 Å². The Morgan fingerprint density at radius 2 is 2.10 bits per heavy atom. The maximum Gasteiger partial charge on any atom is 0.292 e. The van der Waals surface area contributed by atoms with Gasteiger partial charge in [0.15, 0.2) is 0 Å². The van der Waals surface area contributed by atoms with Crippen molar-refractivity contribution in [3.63, 3.8) is 0 Å². The predicted octanol–water partition coefficient (Wildman–Crippen LogP) is 2.26. The summed E-state index contributed by atoms with van der Waals surface area (Å²) in [6.45, 7) is 0. The maximum atomic E-state index is 10.9. The molecule has 1 aliphatic heterocycles. The molecule has 0 bridgehead atoms. The number of anilines is 1. The molecule has 0 saturated heterocycles. The number of nitrogens with one attached hydrogen (secondary N) is 1. The zero-order chi connectivity index (χ0) is 13.4. The lowest BCUT2D eigenvalue weighted by atomic mass is 9.92. The normalized spacial score (nSPS) is 24.1. The van der Waals surface area contributed by atoms with Gasteiger partial charge in [0.05, 0.1) is 11.0 Å². The van der Waals surface area contributed by atoms with Crippen LogP contribution < -0.4 is 11.1 Å². The van der Waals surface area contributed by atoms with Crippen molar-refractivity contribution in [3.05, 3.63) is 33.9 Å². The number of nitro groups is 1. The lowest BCUT2D eigenvalue weighted by Crippen LogP contribution is -2.37. The van der Waals surface area contributed by atoms with Crippen molar-refractivity contribution < 1.29 is 4.92 Å². The van der Waals surface area contributed by atoms with E-state index in [0.717, 1.165) is 24.2 Å². The fraction of sp³-hybridized carbons (Fsp3) is 0.462. The summed E-state index contributed by atoms with van der Waals surface area (Å²) in [5.41, 5.74) is 6.48. The Morgan fingerprint density at radius 3 is 2.80 bits per heavy atom. The number of nitrogens with two attached hydrogens (primary N) is 1. The fourth-order valence-corrected chi connectivity index (χ4v) is 2.82. The molecular formula is C13H17ClN4O2. The van der Waals surface area contributed by atoms with Crippen LogP contribution in [0.3, 0.4) is 0 Å². The van der Waals surface area contributed by atoms with Crippen molar-refractivity contribution in [1.82, 2.24) is 5.32 Å². The first-order valence-corrected chi connectivity index (χ1v) is 6.54. The molecule has 20 heavy (non-hydrogen) atoms. The second-order valence-corrected chi connectivity index (χ2v) is 5.11. The molecule has 1 aromatic carbocycles. The van der Waals surface area contributed by atoms with Gasteiger partial charge < -0.3 is 11.1 Å². The minimum absolute atomic E-state index is 0. The first kappa shape index (κ1) is 14.6. The van der Waals surface area contributed by atoms with E-state index in [-0.39, 0.29) is 23.8 Å². The minimum atomic E-state index is -0.457. The highest BCUT2D eigenvalue weighted by Crippen LogP contribution is 2.28. The summed E-state index contributed by atoms with van der Waals surface area (Å²) in [5, 5.41) is 14.3. The van der Waals surface area contributed by atoms with Gasteiger partial charge in [-0.1, -0.05) is 12.8 Å². The van der Waals surface area contributed by atoms with Crippen molar-refractivity contribution in [3.8, 4) is 0 Å². The van der Waals surface area contributed by atoms with Crippen LogP contribution in [0.4, 0.5) is 11.4 Å². The Balaban J connectivity index is 0.00000147. The zero-order valence-electron chi connectivity index (χ0n) is 10.9. The summed E-state index contributed by atoms with van der Waals surface area (Å²) < 4.78 is 0. The summed E-state index contributed by atoms with van der Waals surface area (Å²) in [7, 11) is 0. The minimum Gasteiger partial charge on any atom is -0.393 e. The average molecular weight is 297 g/mol. The van der Waals surface area contributed by atoms with E-state index in [9.17, 15) is 10.1 Å². The van der Waals surface area contributed by atoms with Crippen LogP contribution in [0.5, 0.6) is 0 Å². The van der Waals surface area contributed by atoms with E-state index in [1.807, 2.05) is 0 Å². The van der Waals surface area contributed by atoms with Crippen molar-refractivity contribution in [2.24, 2.45) is 4.99 Å². The third kappa shape index (κ3) is 2.56. The molecule has 1 aliphatic carbocycles. The molecule has 1 saturated carbocycles. The maximum absolute atomic E-state index is 10.9. The summed E-state index contributed by atoms with van der Waals surface area (Å²) in [6.07, 6.45) is 4.65. The standard InChI is InChI=1S/C13H16N4O2.ClH/c14-9-6-5-8(7-12(9)17(18)19)13-15-10-3-1-2-4-11(10)16-13;/h5-7,10-11H,1-4,14H2,(H,15,16);1H. The van der Waals surface area contributed by atoms with E-state index in [1.165, 1.54) is 18.9 Å². The van der Waals surface area contributed by atoms with Crippen LogP contribution in [-0.2, 0) is 0 Å². The molecule has 0 amide bonds. The van der Waals surface area contributed by atoms with Gasteiger partial charge >= 0.3 is 0 Å². The van der Waals surface area contributed by atoms with Gasteiger partial charge in [-0.05, 0) is 25.0 Å². The quantitative estimate of drug-likeness (QED) is 0.497. The van der Waals surface area contributed by atoms with Crippen molar-refractivity contribution >= 4 is 29.6 Å². The zero-order valence-corrected chi connectivity index (χ0v) is 11.7.